The monoisotopic (exact) mass is 223 g/mol. The summed E-state index contributed by atoms with van der Waals surface area (Å²) in [6.07, 6.45) is 0. The summed E-state index contributed by atoms with van der Waals surface area (Å²) < 4.78 is 13.1. The van der Waals surface area contributed by atoms with E-state index in [1.807, 2.05) is 0 Å². The van der Waals surface area contributed by atoms with E-state index >= 15 is 0 Å². The maximum absolute atomic E-state index is 13.1. The average Bonchev–Trinajstić information content (AvgIpc) is 2.09. The summed E-state index contributed by atoms with van der Waals surface area (Å²) in [7, 11) is 0. The normalized spacial score (nSPS) is 10.2. The Kier molecular flexibility index (Phi) is 3.78. The molecular formula is C8H8Cl2FNO. The molecule has 0 spiro atoms. The first kappa shape index (κ1) is 10.6. The molecule has 0 aliphatic rings. The zero-order valence-electron chi connectivity index (χ0n) is 6.65. The van der Waals surface area contributed by atoms with Crippen LogP contribution in [0.2, 0.25) is 10.0 Å². The van der Waals surface area contributed by atoms with Crippen molar-refractivity contribution >= 4 is 28.9 Å². The second-order valence-corrected chi connectivity index (χ2v) is 3.21. The van der Waals surface area contributed by atoms with Gasteiger partial charge in [0.15, 0.2) is 0 Å². The molecule has 0 unspecified atom stereocenters. The van der Waals surface area contributed by atoms with Crippen molar-refractivity contribution in [3.63, 3.8) is 0 Å². The molecule has 0 bridgehead atoms. The second-order valence-electron chi connectivity index (χ2n) is 2.40. The van der Waals surface area contributed by atoms with Gasteiger partial charge in [0.2, 0.25) is 0 Å². The Morgan fingerprint density at radius 3 is 2.54 bits per heavy atom. The van der Waals surface area contributed by atoms with E-state index in [4.69, 9.17) is 28.3 Å². The van der Waals surface area contributed by atoms with Gasteiger partial charge in [-0.15, -0.1) is 0 Å². The van der Waals surface area contributed by atoms with Crippen molar-refractivity contribution in [2.45, 2.75) is 0 Å². The predicted molar refractivity (Wildman–Crippen MR) is 52.0 cm³/mol. The summed E-state index contributed by atoms with van der Waals surface area (Å²) >= 11 is 11.2. The molecule has 0 aliphatic carbocycles. The summed E-state index contributed by atoms with van der Waals surface area (Å²) in [6, 6.07) is 2.51. The number of aliphatic hydroxyl groups is 1. The Labute approximate surface area is 85.3 Å². The highest BCUT2D eigenvalue weighted by molar-refractivity contribution is 6.42. The van der Waals surface area contributed by atoms with E-state index in [0.29, 0.717) is 0 Å². The zero-order chi connectivity index (χ0) is 9.84. The van der Waals surface area contributed by atoms with Crippen LogP contribution in [0.5, 0.6) is 0 Å². The quantitative estimate of drug-likeness (QED) is 0.773. The lowest BCUT2D eigenvalue weighted by molar-refractivity contribution is 0.311. The zero-order valence-corrected chi connectivity index (χ0v) is 8.16. The van der Waals surface area contributed by atoms with Gasteiger partial charge < -0.3 is 10.4 Å². The molecule has 13 heavy (non-hydrogen) atoms. The molecular weight excluding hydrogens is 216 g/mol. The topological polar surface area (TPSA) is 32.3 Å². The number of aliphatic hydroxyl groups excluding tert-OH is 1. The van der Waals surface area contributed by atoms with Gasteiger partial charge in [-0.1, -0.05) is 23.2 Å². The highest BCUT2D eigenvalue weighted by Gasteiger charge is 2.05. The van der Waals surface area contributed by atoms with E-state index in [0.717, 1.165) is 6.07 Å². The van der Waals surface area contributed by atoms with Crippen LogP contribution in [-0.2, 0) is 0 Å². The van der Waals surface area contributed by atoms with Gasteiger partial charge >= 0.3 is 0 Å². The number of rotatable bonds is 3. The van der Waals surface area contributed by atoms with Gasteiger partial charge in [0.25, 0.3) is 0 Å². The van der Waals surface area contributed by atoms with Gasteiger partial charge in [0, 0.05) is 6.54 Å². The van der Waals surface area contributed by atoms with Gasteiger partial charge in [0.05, 0.1) is 22.3 Å². The van der Waals surface area contributed by atoms with Crippen molar-refractivity contribution in [2.75, 3.05) is 18.5 Å². The standard InChI is InChI=1S/C8H8Cl2FNO/c9-5-3-7(11)8(4-6(5)10)12-1-2-13/h3-4,12-13H,1-2H2. The minimum atomic E-state index is -0.483. The smallest absolute Gasteiger partial charge is 0.147 e. The molecule has 5 heteroatoms. The number of benzene rings is 1. The van der Waals surface area contributed by atoms with E-state index in [1.54, 1.807) is 0 Å². The van der Waals surface area contributed by atoms with Crippen LogP contribution in [-0.4, -0.2) is 18.3 Å². The molecule has 0 radical (unpaired) electrons. The molecule has 72 valence electrons. The SMILES string of the molecule is OCCNc1cc(Cl)c(Cl)cc1F. The molecule has 0 saturated carbocycles. The van der Waals surface area contributed by atoms with Crippen LogP contribution in [0, 0.1) is 5.82 Å². The predicted octanol–water partition coefficient (Wildman–Crippen LogP) is 2.54. The summed E-state index contributed by atoms with van der Waals surface area (Å²) in [5.74, 6) is -0.483. The minimum Gasteiger partial charge on any atom is -0.395 e. The molecule has 0 aromatic heterocycles. The molecule has 0 aliphatic heterocycles. The fourth-order valence-electron chi connectivity index (χ4n) is 0.849. The van der Waals surface area contributed by atoms with Crippen LogP contribution >= 0.6 is 23.2 Å². The van der Waals surface area contributed by atoms with Crippen molar-refractivity contribution in [3.05, 3.63) is 28.0 Å². The Morgan fingerprint density at radius 1 is 1.31 bits per heavy atom. The van der Waals surface area contributed by atoms with Crippen molar-refractivity contribution in [2.24, 2.45) is 0 Å². The highest BCUT2D eigenvalue weighted by Crippen LogP contribution is 2.27. The largest absolute Gasteiger partial charge is 0.395 e. The number of nitrogens with one attached hydrogen (secondary N) is 1. The fraction of sp³-hybridized carbons (Fsp3) is 0.250. The molecule has 1 aromatic rings. The average molecular weight is 224 g/mol. The molecule has 1 rings (SSSR count). The Bertz CT molecular complexity index is 306. The summed E-state index contributed by atoms with van der Waals surface area (Å²) in [4.78, 5) is 0. The molecule has 0 fully saturated rings. The minimum absolute atomic E-state index is 0.0698. The van der Waals surface area contributed by atoms with E-state index in [2.05, 4.69) is 5.32 Å². The van der Waals surface area contributed by atoms with Crippen LogP contribution in [0.1, 0.15) is 0 Å². The first-order chi connectivity index (χ1) is 6.15. The van der Waals surface area contributed by atoms with Crippen LogP contribution in [0.3, 0.4) is 0 Å². The highest BCUT2D eigenvalue weighted by atomic mass is 35.5. The number of hydrogen-bond acceptors (Lipinski definition) is 2. The summed E-state index contributed by atoms with van der Waals surface area (Å²) in [5.41, 5.74) is 0.239. The van der Waals surface area contributed by atoms with Crippen molar-refractivity contribution in [1.29, 1.82) is 0 Å². The Morgan fingerprint density at radius 2 is 1.92 bits per heavy atom. The van der Waals surface area contributed by atoms with Gasteiger partial charge in [0.1, 0.15) is 5.82 Å². The maximum Gasteiger partial charge on any atom is 0.147 e. The lowest BCUT2D eigenvalue weighted by Crippen LogP contribution is -2.06. The van der Waals surface area contributed by atoms with Crippen LogP contribution in [0.25, 0.3) is 0 Å². The van der Waals surface area contributed by atoms with E-state index in [-0.39, 0.29) is 28.9 Å². The molecule has 0 amide bonds. The van der Waals surface area contributed by atoms with Crippen LogP contribution in [0.4, 0.5) is 10.1 Å². The third kappa shape index (κ3) is 2.72. The third-order valence-electron chi connectivity index (χ3n) is 1.44. The van der Waals surface area contributed by atoms with Gasteiger partial charge in [-0.05, 0) is 12.1 Å². The Balaban J connectivity index is 2.88. The van der Waals surface area contributed by atoms with Crippen LogP contribution < -0.4 is 5.32 Å². The van der Waals surface area contributed by atoms with E-state index < -0.39 is 5.82 Å². The maximum atomic E-state index is 13.1. The fourth-order valence-corrected chi connectivity index (χ4v) is 1.16. The van der Waals surface area contributed by atoms with Crippen molar-refractivity contribution in [1.82, 2.24) is 0 Å². The van der Waals surface area contributed by atoms with Gasteiger partial charge in [-0.25, -0.2) is 4.39 Å². The van der Waals surface area contributed by atoms with Gasteiger partial charge in [-0.2, -0.15) is 0 Å². The first-order valence-corrected chi connectivity index (χ1v) is 4.40. The number of hydrogen-bond donors (Lipinski definition) is 2. The third-order valence-corrected chi connectivity index (χ3v) is 2.16. The lowest BCUT2D eigenvalue weighted by atomic mass is 10.3. The number of anilines is 1. The molecule has 0 heterocycles. The van der Waals surface area contributed by atoms with Crippen molar-refractivity contribution < 1.29 is 9.50 Å². The van der Waals surface area contributed by atoms with E-state index in [1.165, 1.54) is 6.07 Å². The van der Waals surface area contributed by atoms with E-state index in [9.17, 15) is 4.39 Å². The first-order valence-electron chi connectivity index (χ1n) is 3.64. The summed E-state index contributed by atoms with van der Waals surface area (Å²) in [5, 5.41) is 11.6. The van der Waals surface area contributed by atoms with Gasteiger partial charge in [-0.3, -0.25) is 0 Å². The van der Waals surface area contributed by atoms with Crippen molar-refractivity contribution in [3.8, 4) is 0 Å². The number of halogens is 3. The lowest BCUT2D eigenvalue weighted by Gasteiger charge is -2.06. The second kappa shape index (κ2) is 4.65. The Hall–Kier alpha value is -0.510. The summed E-state index contributed by atoms with van der Waals surface area (Å²) in [6.45, 7) is 0.203. The molecule has 0 atom stereocenters. The molecule has 2 nitrogen and oxygen atoms in total. The van der Waals surface area contributed by atoms with Crippen LogP contribution in [0.15, 0.2) is 12.1 Å². The molecule has 1 aromatic carbocycles. The molecule has 2 N–H and O–H groups in total. The molecule has 0 saturated heterocycles.